The zero-order valence-corrected chi connectivity index (χ0v) is 13.0. The topological polar surface area (TPSA) is 29.5 Å². The standard InChI is InChI=1S/C19H20FNO2/c20-17-5-1-15(2-6-17)13-19(22)14-16-3-7-18(8-4-16)21-9-11-23-12-10-21/h1-8H,9-14H2. The Hall–Kier alpha value is -2.20. The van der Waals surface area contributed by atoms with E-state index in [1.165, 1.54) is 17.8 Å². The van der Waals surface area contributed by atoms with Crippen molar-refractivity contribution < 1.29 is 13.9 Å². The molecule has 0 aliphatic carbocycles. The van der Waals surface area contributed by atoms with Gasteiger partial charge in [0, 0.05) is 31.6 Å². The molecule has 0 radical (unpaired) electrons. The molecule has 1 saturated heterocycles. The van der Waals surface area contributed by atoms with Crippen LogP contribution in [0.1, 0.15) is 11.1 Å². The van der Waals surface area contributed by atoms with Crippen LogP contribution in [-0.4, -0.2) is 32.1 Å². The lowest BCUT2D eigenvalue weighted by Crippen LogP contribution is -2.36. The molecular formula is C19H20FNO2. The second kappa shape index (κ2) is 7.38. The Morgan fingerprint density at radius 2 is 1.43 bits per heavy atom. The fourth-order valence-electron chi connectivity index (χ4n) is 2.77. The van der Waals surface area contributed by atoms with Gasteiger partial charge < -0.3 is 9.64 Å². The summed E-state index contributed by atoms with van der Waals surface area (Å²) in [6.07, 6.45) is 0.742. The summed E-state index contributed by atoms with van der Waals surface area (Å²) in [7, 11) is 0. The zero-order chi connectivity index (χ0) is 16.1. The lowest BCUT2D eigenvalue weighted by molar-refractivity contribution is -0.117. The second-order valence-electron chi connectivity index (χ2n) is 5.78. The van der Waals surface area contributed by atoms with Gasteiger partial charge in [-0.3, -0.25) is 4.79 Å². The van der Waals surface area contributed by atoms with Crippen molar-refractivity contribution in [2.24, 2.45) is 0 Å². The summed E-state index contributed by atoms with van der Waals surface area (Å²) in [5.74, 6) is -0.143. The summed E-state index contributed by atoms with van der Waals surface area (Å²) in [6, 6.07) is 14.2. The van der Waals surface area contributed by atoms with Crippen molar-refractivity contribution >= 4 is 11.5 Å². The maximum absolute atomic E-state index is 12.9. The number of benzene rings is 2. The van der Waals surface area contributed by atoms with E-state index in [1.54, 1.807) is 12.1 Å². The first-order valence-electron chi connectivity index (χ1n) is 7.88. The van der Waals surface area contributed by atoms with Crippen LogP contribution in [0.5, 0.6) is 0 Å². The van der Waals surface area contributed by atoms with Crippen LogP contribution in [0.2, 0.25) is 0 Å². The number of halogens is 1. The van der Waals surface area contributed by atoms with E-state index in [4.69, 9.17) is 4.74 Å². The molecule has 1 aliphatic rings. The lowest BCUT2D eigenvalue weighted by Gasteiger charge is -2.28. The van der Waals surface area contributed by atoms with Crippen molar-refractivity contribution in [1.82, 2.24) is 0 Å². The van der Waals surface area contributed by atoms with Crippen molar-refractivity contribution in [3.05, 3.63) is 65.5 Å². The molecule has 23 heavy (non-hydrogen) atoms. The highest BCUT2D eigenvalue weighted by Gasteiger charge is 2.11. The molecule has 120 valence electrons. The van der Waals surface area contributed by atoms with Crippen LogP contribution in [-0.2, 0) is 22.4 Å². The van der Waals surface area contributed by atoms with E-state index < -0.39 is 0 Å². The Bertz CT molecular complexity index is 646. The number of hydrogen-bond acceptors (Lipinski definition) is 3. The van der Waals surface area contributed by atoms with Crippen molar-refractivity contribution in [2.75, 3.05) is 31.2 Å². The van der Waals surface area contributed by atoms with Gasteiger partial charge in [0.05, 0.1) is 13.2 Å². The number of rotatable bonds is 5. The molecule has 3 nitrogen and oxygen atoms in total. The van der Waals surface area contributed by atoms with Crippen LogP contribution >= 0.6 is 0 Å². The van der Waals surface area contributed by atoms with Gasteiger partial charge in [-0.1, -0.05) is 24.3 Å². The van der Waals surface area contributed by atoms with Gasteiger partial charge in [0.25, 0.3) is 0 Å². The van der Waals surface area contributed by atoms with Gasteiger partial charge in [0.2, 0.25) is 0 Å². The average Bonchev–Trinajstić information content (AvgIpc) is 2.58. The van der Waals surface area contributed by atoms with E-state index in [0.717, 1.165) is 37.4 Å². The Morgan fingerprint density at radius 3 is 2.00 bits per heavy atom. The quantitative estimate of drug-likeness (QED) is 0.850. The molecule has 0 N–H and O–H groups in total. The number of carbonyl (C=O) groups is 1. The summed E-state index contributed by atoms with van der Waals surface area (Å²) >= 11 is 0. The number of hydrogen-bond donors (Lipinski definition) is 0. The Kier molecular flexibility index (Phi) is 5.03. The van der Waals surface area contributed by atoms with Crippen LogP contribution in [0.4, 0.5) is 10.1 Å². The first kappa shape index (κ1) is 15.7. The van der Waals surface area contributed by atoms with E-state index in [2.05, 4.69) is 17.0 Å². The van der Waals surface area contributed by atoms with Crippen molar-refractivity contribution in [2.45, 2.75) is 12.8 Å². The SMILES string of the molecule is O=C(Cc1ccc(F)cc1)Cc1ccc(N2CCOCC2)cc1. The summed E-state index contributed by atoms with van der Waals surface area (Å²) in [5.41, 5.74) is 3.03. The highest BCUT2D eigenvalue weighted by atomic mass is 19.1. The third-order valence-electron chi connectivity index (χ3n) is 4.03. The smallest absolute Gasteiger partial charge is 0.141 e. The molecule has 1 fully saturated rings. The number of nitrogens with zero attached hydrogens (tertiary/aromatic N) is 1. The lowest BCUT2D eigenvalue weighted by atomic mass is 10.0. The van der Waals surface area contributed by atoms with Gasteiger partial charge in [-0.15, -0.1) is 0 Å². The van der Waals surface area contributed by atoms with E-state index >= 15 is 0 Å². The third-order valence-corrected chi connectivity index (χ3v) is 4.03. The average molecular weight is 313 g/mol. The van der Waals surface area contributed by atoms with Gasteiger partial charge in [0.1, 0.15) is 11.6 Å². The van der Waals surface area contributed by atoms with Crippen LogP contribution in [0.25, 0.3) is 0 Å². The molecule has 0 amide bonds. The first-order chi connectivity index (χ1) is 11.2. The van der Waals surface area contributed by atoms with E-state index in [1.807, 2.05) is 12.1 Å². The first-order valence-corrected chi connectivity index (χ1v) is 7.88. The largest absolute Gasteiger partial charge is 0.378 e. The second-order valence-corrected chi connectivity index (χ2v) is 5.78. The minimum atomic E-state index is -0.278. The molecule has 1 aliphatic heterocycles. The van der Waals surface area contributed by atoms with Crippen molar-refractivity contribution in [3.8, 4) is 0 Å². The van der Waals surface area contributed by atoms with Crippen LogP contribution in [0, 0.1) is 5.82 Å². The molecule has 0 unspecified atom stereocenters. The fourth-order valence-corrected chi connectivity index (χ4v) is 2.77. The third kappa shape index (κ3) is 4.39. The molecule has 4 heteroatoms. The number of ether oxygens (including phenoxy) is 1. The maximum Gasteiger partial charge on any atom is 0.141 e. The predicted molar refractivity (Wildman–Crippen MR) is 88.3 cm³/mol. The van der Waals surface area contributed by atoms with Crippen LogP contribution in [0.3, 0.4) is 0 Å². The fraction of sp³-hybridized carbons (Fsp3) is 0.316. The highest BCUT2D eigenvalue weighted by Crippen LogP contribution is 2.17. The zero-order valence-electron chi connectivity index (χ0n) is 13.0. The Balaban J connectivity index is 1.57. The summed E-state index contributed by atoms with van der Waals surface area (Å²) in [4.78, 5) is 14.4. The number of anilines is 1. The number of morpholine rings is 1. The highest BCUT2D eigenvalue weighted by molar-refractivity contribution is 5.83. The van der Waals surface area contributed by atoms with Gasteiger partial charge in [-0.05, 0) is 35.4 Å². The number of ketones is 1. The molecule has 0 bridgehead atoms. The van der Waals surface area contributed by atoms with E-state index in [0.29, 0.717) is 12.8 Å². The molecule has 0 saturated carbocycles. The van der Waals surface area contributed by atoms with E-state index in [-0.39, 0.29) is 11.6 Å². The minimum absolute atomic E-state index is 0.135. The Labute approximate surface area is 135 Å². The molecule has 0 spiro atoms. The summed E-state index contributed by atoms with van der Waals surface area (Å²) < 4.78 is 18.2. The summed E-state index contributed by atoms with van der Waals surface area (Å²) in [5, 5.41) is 0. The molecule has 0 aromatic heterocycles. The van der Waals surface area contributed by atoms with Crippen LogP contribution in [0.15, 0.2) is 48.5 Å². The van der Waals surface area contributed by atoms with Crippen LogP contribution < -0.4 is 4.90 Å². The van der Waals surface area contributed by atoms with Gasteiger partial charge >= 0.3 is 0 Å². The number of carbonyl (C=O) groups excluding carboxylic acids is 1. The number of Topliss-reactive ketones (excluding diaryl/α,β-unsaturated/α-hetero) is 1. The normalized spacial score (nSPS) is 14.7. The molecular weight excluding hydrogens is 293 g/mol. The molecule has 0 atom stereocenters. The van der Waals surface area contributed by atoms with Gasteiger partial charge in [-0.2, -0.15) is 0 Å². The minimum Gasteiger partial charge on any atom is -0.378 e. The van der Waals surface area contributed by atoms with Crippen molar-refractivity contribution in [3.63, 3.8) is 0 Å². The summed E-state index contributed by atoms with van der Waals surface area (Å²) in [6.45, 7) is 3.33. The Morgan fingerprint density at radius 1 is 0.913 bits per heavy atom. The van der Waals surface area contributed by atoms with Gasteiger partial charge in [-0.25, -0.2) is 4.39 Å². The predicted octanol–water partition coefficient (Wildman–Crippen LogP) is 3.02. The van der Waals surface area contributed by atoms with Gasteiger partial charge in [0.15, 0.2) is 0 Å². The molecule has 2 aromatic rings. The van der Waals surface area contributed by atoms with E-state index in [9.17, 15) is 9.18 Å². The molecule has 2 aromatic carbocycles. The maximum atomic E-state index is 12.9. The van der Waals surface area contributed by atoms with Crippen molar-refractivity contribution in [1.29, 1.82) is 0 Å². The monoisotopic (exact) mass is 313 g/mol. The molecule has 1 heterocycles. The molecule has 3 rings (SSSR count).